The van der Waals surface area contributed by atoms with E-state index < -0.39 is 0 Å². The van der Waals surface area contributed by atoms with Crippen LogP contribution in [0.4, 0.5) is 0 Å². The number of hydrogen-bond donors (Lipinski definition) is 0. The first kappa shape index (κ1) is 17.3. The minimum absolute atomic E-state index is 0. The van der Waals surface area contributed by atoms with E-state index in [1.807, 2.05) is 0 Å². The molecule has 1 radical (unpaired) electrons. The first-order valence-corrected chi connectivity index (χ1v) is 2.87. The minimum atomic E-state index is 0. The van der Waals surface area contributed by atoms with Crippen molar-refractivity contribution in [2.45, 2.75) is 20.3 Å². The molecule has 0 fully saturated rings. The molecule has 0 bridgehead atoms. The van der Waals surface area contributed by atoms with Gasteiger partial charge in [0.25, 0.3) is 0 Å². The van der Waals surface area contributed by atoms with Crippen LogP contribution in [0.2, 0.25) is 0 Å². The molecule has 0 saturated carbocycles. The Hall–Kier alpha value is 1.20. The van der Waals surface area contributed by atoms with Crippen molar-refractivity contribution in [3.05, 3.63) is 12.2 Å². The van der Waals surface area contributed by atoms with Crippen molar-refractivity contribution in [1.29, 1.82) is 0 Å². The third kappa shape index (κ3) is 4.93. The van der Waals surface area contributed by atoms with Crippen LogP contribution in [0.1, 0.15) is 20.3 Å². The molecule has 10 heavy (non-hydrogen) atoms. The Morgan fingerprint density at radius 2 is 1.80 bits per heavy atom. The van der Waals surface area contributed by atoms with Crippen LogP contribution in [-0.4, -0.2) is 0 Å². The van der Waals surface area contributed by atoms with E-state index in [9.17, 15) is 0 Å². The fourth-order valence-corrected chi connectivity index (χ4v) is 0.790. The van der Waals surface area contributed by atoms with Crippen molar-refractivity contribution in [1.82, 2.24) is 0 Å². The molecule has 0 aromatic rings. The maximum absolute atomic E-state index is 3.20. The van der Waals surface area contributed by atoms with Gasteiger partial charge in [-0.05, 0) is 0 Å². The molecule has 57 valence electrons. The summed E-state index contributed by atoms with van der Waals surface area (Å²) in [5.74, 6) is 1.62. The van der Waals surface area contributed by atoms with Gasteiger partial charge < -0.3 is 30.9 Å². The predicted octanol–water partition coefficient (Wildman–Crippen LogP) is -3.97. The fraction of sp³-hybridized carbons (Fsp3) is 0.714. The molecule has 2 unspecified atom stereocenters. The summed E-state index contributed by atoms with van der Waals surface area (Å²) in [5, 5.41) is 0. The average molecular weight is 257 g/mol. The molecule has 1 aliphatic carbocycles. The van der Waals surface area contributed by atoms with Crippen LogP contribution in [0.25, 0.3) is 0 Å². The van der Waals surface area contributed by atoms with Crippen molar-refractivity contribution >= 4 is 0 Å². The summed E-state index contributed by atoms with van der Waals surface area (Å²) >= 11 is 0. The Morgan fingerprint density at radius 1 is 1.30 bits per heavy atom. The summed E-state index contributed by atoms with van der Waals surface area (Å²) in [7, 11) is 0. The first-order valence-electron chi connectivity index (χ1n) is 2.87. The number of halogens is 2. The molecule has 2 atom stereocenters. The van der Waals surface area contributed by atoms with Crippen molar-refractivity contribution in [2.24, 2.45) is 11.8 Å². The molecular weight excluding hydrogens is 246 g/mol. The van der Waals surface area contributed by atoms with E-state index >= 15 is 0 Å². The molecular formula is C7H11Cl2Zr. The molecule has 0 aromatic carbocycles. The molecule has 0 saturated heterocycles. The molecule has 3 heteroatoms. The van der Waals surface area contributed by atoms with Crippen molar-refractivity contribution in [2.75, 3.05) is 0 Å². The summed E-state index contributed by atoms with van der Waals surface area (Å²) in [6.07, 6.45) is 6.54. The van der Waals surface area contributed by atoms with Crippen molar-refractivity contribution < 1.29 is 51.0 Å². The Morgan fingerprint density at radius 3 is 1.90 bits per heavy atom. The first-order chi connectivity index (χ1) is 3.30. The number of rotatable bonds is 0. The topological polar surface area (TPSA) is 0 Å². The van der Waals surface area contributed by atoms with Crippen LogP contribution in [0.3, 0.4) is 0 Å². The molecule has 0 amide bonds. The van der Waals surface area contributed by atoms with E-state index in [4.69, 9.17) is 0 Å². The molecule has 1 rings (SSSR count). The van der Waals surface area contributed by atoms with E-state index in [1.165, 1.54) is 6.42 Å². The second kappa shape index (κ2) is 8.30. The van der Waals surface area contributed by atoms with Gasteiger partial charge in [0, 0.05) is 0 Å². The zero-order chi connectivity index (χ0) is 5.28. The average Bonchev–Trinajstić information content (AvgIpc) is 1.91. The van der Waals surface area contributed by atoms with Crippen molar-refractivity contribution in [3.63, 3.8) is 0 Å². The monoisotopic (exact) mass is 255 g/mol. The zero-order valence-electron chi connectivity index (χ0n) is 6.20. The number of allylic oxidation sites excluding steroid dienone is 2. The van der Waals surface area contributed by atoms with Crippen LogP contribution in [0.5, 0.6) is 0 Å². The Bertz CT molecular complexity index is 93.6. The zero-order valence-corrected chi connectivity index (χ0v) is 10.2. The normalized spacial score (nSPS) is 27.8. The summed E-state index contributed by atoms with van der Waals surface area (Å²) in [4.78, 5) is 0. The van der Waals surface area contributed by atoms with Crippen LogP contribution in [-0.2, 0) is 26.2 Å². The quantitative estimate of drug-likeness (QED) is 0.388. The second-order valence-electron chi connectivity index (χ2n) is 2.41. The van der Waals surface area contributed by atoms with Gasteiger partial charge >= 0.3 is 26.2 Å². The third-order valence-corrected chi connectivity index (χ3v) is 1.72. The standard InChI is InChI=1S/C7H11.2ClH.Zr/c1-6-4-3-5-7(6)2;;;/h4,6-7H,5H2,1-2H3;2*1H;/q-1;;;+3/p-2. The Kier molecular flexibility index (Phi) is 14.4. The van der Waals surface area contributed by atoms with Crippen molar-refractivity contribution in [3.8, 4) is 0 Å². The van der Waals surface area contributed by atoms with Gasteiger partial charge in [-0.2, -0.15) is 6.42 Å². The maximum Gasteiger partial charge on any atom is 3.00 e. The van der Waals surface area contributed by atoms with Gasteiger partial charge in [-0.15, -0.1) is 0 Å². The molecule has 0 aromatic heterocycles. The number of hydrogen-bond acceptors (Lipinski definition) is 0. The van der Waals surface area contributed by atoms with Gasteiger partial charge in [0.05, 0.1) is 0 Å². The predicted molar refractivity (Wildman–Crippen MR) is 30.8 cm³/mol. The van der Waals surface area contributed by atoms with E-state index in [0.29, 0.717) is 0 Å². The van der Waals surface area contributed by atoms with Crippen LogP contribution in [0, 0.1) is 17.9 Å². The van der Waals surface area contributed by atoms with E-state index in [0.717, 1.165) is 11.8 Å². The van der Waals surface area contributed by atoms with Crippen LogP contribution >= 0.6 is 0 Å². The molecule has 1 aliphatic rings. The second-order valence-corrected chi connectivity index (χ2v) is 2.41. The molecule has 0 heterocycles. The SMILES string of the molecule is CC1C=[C-]CC1C.[Cl-].[Cl-].[Zr+3]. The largest absolute Gasteiger partial charge is 3.00 e. The molecule has 0 aliphatic heterocycles. The van der Waals surface area contributed by atoms with Gasteiger partial charge in [-0.1, -0.05) is 25.7 Å². The molecule has 0 spiro atoms. The fourth-order valence-electron chi connectivity index (χ4n) is 0.790. The Labute approximate surface area is 94.8 Å². The van der Waals surface area contributed by atoms with Gasteiger partial charge in [0.2, 0.25) is 0 Å². The van der Waals surface area contributed by atoms with E-state index in [1.54, 1.807) is 0 Å². The van der Waals surface area contributed by atoms with Crippen LogP contribution < -0.4 is 24.8 Å². The summed E-state index contributed by atoms with van der Waals surface area (Å²) in [6.45, 7) is 4.51. The van der Waals surface area contributed by atoms with Crippen LogP contribution in [0.15, 0.2) is 6.08 Å². The van der Waals surface area contributed by atoms with Gasteiger partial charge in [0.15, 0.2) is 0 Å². The molecule has 0 N–H and O–H groups in total. The van der Waals surface area contributed by atoms with E-state index in [-0.39, 0.29) is 51.0 Å². The minimum Gasteiger partial charge on any atom is -1.00 e. The maximum atomic E-state index is 3.20. The Balaban J connectivity index is -0.000000163. The van der Waals surface area contributed by atoms with Gasteiger partial charge in [-0.25, -0.2) is 0 Å². The third-order valence-electron chi connectivity index (χ3n) is 1.72. The molecule has 0 nitrogen and oxygen atoms in total. The summed E-state index contributed by atoms with van der Waals surface area (Å²) in [5.41, 5.74) is 0. The van der Waals surface area contributed by atoms with Gasteiger partial charge in [-0.3, -0.25) is 6.08 Å². The summed E-state index contributed by atoms with van der Waals surface area (Å²) < 4.78 is 0. The smallest absolute Gasteiger partial charge is 1.00 e. The van der Waals surface area contributed by atoms with E-state index in [2.05, 4.69) is 26.0 Å². The van der Waals surface area contributed by atoms with Gasteiger partial charge in [0.1, 0.15) is 0 Å². The summed E-state index contributed by atoms with van der Waals surface area (Å²) in [6, 6.07) is 0.